The molecule has 0 amide bonds. The Labute approximate surface area is 159 Å². The van der Waals surface area contributed by atoms with Gasteiger partial charge in [0.2, 0.25) is 0 Å². The van der Waals surface area contributed by atoms with Crippen molar-refractivity contribution in [3.8, 4) is 23.0 Å². The number of fused-ring (bicyclic) bond motifs is 3. The Morgan fingerprint density at radius 1 is 1.26 bits per heavy atom. The van der Waals surface area contributed by atoms with Crippen LogP contribution in [0.1, 0.15) is 30.5 Å². The summed E-state index contributed by atoms with van der Waals surface area (Å²) in [6.07, 6.45) is 7.80. The van der Waals surface area contributed by atoms with Crippen LogP contribution in [0.4, 0.5) is 0 Å². The van der Waals surface area contributed by atoms with Gasteiger partial charge < -0.3 is 19.3 Å². The zero-order valence-corrected chi connectivity index (χ0v) is 15.5. The van der Waals surface area contributed by atoms with Gasteiger partial charge in [0.25, 0.3) is 0 Å². The first-order valence-electron chi connectivity index (χ1n) is 8.92. The summed E-state index contributed by atoms with van der Waals surface area (Å²) >= 11 is 0. The summed E-state index contributed by atoms with van der Waals surface area (Å²) < 4.78 is 17.5. The van der Waals surface area contributed by atoms with E-state index in [0.29, 0.717) is 19.0 Å². The van der Waals surface area contributed by atoms with Gasteiger partial charge in [0, 0.05) is 22.8 Å². The molecule has 2 aliphatic rings. The maximum Gasteiger partial charge on any atom is 0.137 e. The fourth-order valence-electron chi connectivity index (χ4n) is 3.28. The highest BCUT2D eigenvalue weighted by atomic mass is 16.5. The quantitative estimate of drug-likeness (QED) is 0.771. The van der Waals surface area contributed by atoms with Crippen LogP contribution in [0.2, 0.25) is 0 Å². The van der Waals surface area contributed by atoms with Crippen LogP contribution < -0.4 is 14.2 Å². The summed E-state index contributed by atoms with van der Waals surface area (Å²) in [6.45, 7) is 8.44. The molecule has 0 aliphatic carbocycles. The van der Waals surface area contributed by atoms with Crippen LogP contribution in [-0.4, -0.2) is 23.9 Å². The average molecular weight is 362 g/mol. The molecule has 0 bridgehead atoms. The van der Waals surface area contributed by atoms with E-state index in [-0.39, 0.29) is 11.4 Å². The predicted octanol–water partition coefficient (Wildman–Crippen LogP) is 5.07. The van der Waals surface area contributed by atoms with Crippen LogP contribution in [0.25, 0.3) is 17.7 Å². The molecule has 0 radical (unpaired) electrons. The number of rotatable bonds is 4. The minimum Gasteiger partial charge on any atom is -0.507 e. The fraction of sp³-hybridized carbons (Fsp3) is 0.217. The van der Waals surface area contributed by atoms with E-state index >= 15 is 0 Å². The maximum absolute atomic E-state index is 10.4. The van der Waals surface area contributed by atoms with Crippen LogP contribution in [0.3, 0.4) is 0 Å². The Balaban J connectivity index is 1.67. The molecule has 27 heavy (non-hydrogen) atoms. The third-order valence-corrected chi connectivity index (χ3v) is 4.60. The second kappa shape index (κ2) is 6.54. The van der Waals surface area contributed by atoms with Crippen LogP contribution in [0.5, 0.6) is 23.0 Å². The second-order valence-corrected chi connectivity index (χ2v) is 7.17. The molecule has 2 aromatic rings. The van der Waals surface area contributed by atoms with Crippen molar-refractivity contribution < 1.29 is 19.3 Å². The molecule has 4 nitrogen and oxygen atoms in total. The highest BCUT2D eigenvalue weighted by Crippen LogP contribution is 2.43. The Morgan fingerprint density at radius 3 is 2.89 bits per heavy atom. The Bertz CT molecular complexity index is 967. The molecule has 4 rings (SSSR count). The van der Waals surface area contributed by atoms with Gasteiger partial charge in [-0.15, -0.1) is 0 Å². The number of aromatic hydroxyl groups is 1. The van der Waals surface area contributed by atoms with Gasteiger partial charge in [0.15, 0.2) is 0 Å². The highest BCUT2D eigenvalue weighted by molar-refractivity contribution is 5.89. The van der Waals surface area contributed by atoms with Crippen LogP contribution in [-0.2, 0) is 0 Å². The minimum absolute atomic E-state index is 0.165. The first-order valence-corrected chi connectivity index (χ1v) is 8.92. The van der Waals surface area contributed by atoms with E-state index in [1.54, 1.807) is 12.1 Å². The van der Waals surface area contributed by atoms with Gasteiger partial charge >= 0.3 is 0 Å². The minimum atomic E-state index is -0.321. The predicted molar refractivity (Wildman–Crippen MR) is 107 cm³/mol. The molecule has 138 valence electrons. The monoisotopic (exact) mass is 362 g/mol. The molecule has 0 fully saturated rings. The highest BCUT2D eigenvalue weighted by Gasteiger charge is 2.26. The summed E-state index contributed by atoms with van der Waals surface area (Å²) in [6, 6.07) is 9.24. The van der Waals surface area contributed by atoms with E-state index < -0.39 is 0 Å². The molecule has 2 heterocycles. The lowest BCUT2D eigenvalue weighted by Crippen LogP contribution is -2.27. The molecule has 0 unspecified atom stereocenters. The molecule has 1 N–H and O–H groups in total. The largest absolute Gasteiger partial charge is 0.507 e. The number of phenols is 1. The zero-order chi connectivity index (χ0) is 19.0. The second-order valence-electron chi connectivity index (χ2n) is 7.17. The molecule has 0 saturated heterocycles. The van der Waals surface area contributed by atoms with Gasteiger partial charge in [-0.3, -0.25) is 0 Å². The lowest BCUT2D eigenvalue weighted by Gasteiger charge is -2.30. The summed E-state index contributed by atoms with van der Waals surface area (Å²) in [5.74, 6) is 2.41. The molecular weight excluding hydrogens is 340 g/mol. The van der Waals surface area contributed by atoms with Gasteiger partial charge in [-0.05, 0) is 56.3 Å². The standard InChI is InChI=1S/C23H22O4/c1-4-11-25-17-6-7-18(20(24)13-17)16-12-15-5-8-21-19(22(15)26-14-16)9-10-23(2,3)27-21/h4-10,12-13,24H,1,11,14H2,2-3H3. The van der Waals surface area contributed by atoms with Gasteiger partial charge in [0.05, 0.1) is 5.56 Å². The smallest absolute Gasteiger partial charge is 0.137 e. The van der Waals surface area contributed by atoms with Crippen molar-refractivity contribution >= 4 is 17.7 Å². The molecule has 0 spiro atoms. The van der Waals surface area contributed by atoms with E-state index in [9.17, 15) is 5.11 Å². The Kier molecular flexibility index (Phi) is 4.19. The molecular formula is C23H22O4. The molecule has 2 aromatic carbocycles. The van der Waals surface area contributed by atoms with Gasteiger partial charge in [-0.1, -0.05) is 12.7 Å². The third kappa shape index (κ3) is 3.31. The van der Waals surface area contributed by atoms with E-state index in [1.807, 2.05) is 50.3 Å². The molecule has 0 saturated carbocycles. The molecule has 4 heteroatoms. The first kappa shape index (κ1) is 17.3. The fourth-order valence-corrected chi connectivity index (χ4v) is 3.28. The SMILES string of the molecule is C=CCOc1ccc(C2=Cc3ccc4c(c3OC2)C=CC(C)(C)O4)c(O)c1. The van der Waals surface area contributed by atoms with Crippen molar-refractivity contribution in [1.82, 2.24) is 0 Å². The Morgan fingerprint density at radius 2 is 2.11 bits per heavy atom. The molecule has 2 aliphatic heterocycles. The number of hydrogen-bond donors (Lipinski definition) is 1. The summed E-state index contributed by atoms with van der Waals surface area (Å²) in [4.78, 5) is 0. The number of phenolic OH excluding ortho intramolecular Hbond substituents is 1. The topological polar surface area (TPSA) is 47.9 Å². The van der Waals surface area contributed by atoms with Crippen molar-refractivity contribution in [1.29, 1.82) is 0 Å². The van der Waals surface area contributed by atoms with Gasteiger partial charge in [-0.2, -0.15) is 0 Å². The van der Waals surface area contributed by atoms with Crippen molar-refractivity contribution in [3.05, 3.63) is 65.8 Å². The van der Waals surface area contributed by atoms with E-state index in [0.717, 1.165) is 33.8 Å². The van der Waals surface area contributed by atoms with Crippen molar-refractivity contribution in [2.24, 2.45) is 0 Å². The maximum atomic E-state index is 10.4. The number of ether oxygens (including phenoxy) is 3. The number of hydrogen-bond acceptors (Lipinski definition) is 4. The van der Waals surface area contributed by atoms with Crippen molar-refractivity contribution in [3.63, 3.8) is 0 Å². The van der Waals surface area contributed by atoms with Crippen LogP contribution in [0, 0.1) is 0 Å². The first-order chi connectivity index (χ1) is 13.0. The zero-order valence-electron chi connectivity index (χ0n) is 15.5. The van der Waals surface area contributed by atoms with Gasteiger partial charge in [0.1, 0.15) is 41.8 Å². The molecule has 0 aromatic heterocycles. The average Bonchev–Trinajstić information content (AvgIpc) is 2.65. The van der Waals surface area contributed by atoms with E-state index in [1.165, 1.54) is 0 Å². The van der Waals surface area contributed by atoms with Crippen LogP contribution in [0.15, 0.2) is 49.1 Å². The van der Waals surface area contributed by atoms with E-state index in [4.69, 9.17) is 14.2 Å². The van der Waals surface area contributed by atoms with E-state index in [2.05, 4.69) is 12.7 Å². The summed E-state index contributed by atoms with van der Waals surface area (Å²) in [5.41, 5.74) is 3.25. The summed E-state index contributed by atoms with van der Waals surface area (Å²) in [7, 11) is 0. The molecule has 0 atom stereocenters. The lowest BCUT2D eigenvalue weighted by molar-refractivity contribution is 0.158. The lowest BCUT2D eigenvalue weighted by atomic mass is 9.95. The van der Waals surface area contributed by atoms with Crippen molar-refractivity contribution in [2.75, 3.05) is 13.2 Å². The summed E-state index contributed by atoms with van der Waals surface area (Å²) in [5, 5.41) is 10.4. The normalized spacial score (nSPS) is 16.3. The van der Waals surface area contributed by atoms with Gasteiger partial charge in [-0.25, -0.2) is 0 Å². The third-order valence-electron chi connectivity index (χ3n) is 4.60. The van der Waals surface area contributed by atoms with Crippen LogP contribution >= 0.6 is 0 Å². The van der Waals surface area contributed by atoms with Crippen molar-refractivity contribution in [2.45, 2.75) is 19.4 Å². The Hall–Kier alpha value is -3.14. The number of benzene rings is 2.